The van der Waals surface area contributed by atoms with Gasteiger partial charge in [-0.25, -0.2) is 0 Å². The number of ether oxygens (including phenoxy) is 2. The zero-order valence-electron chi connectivity index (χ0n) is 21.2. The Balaban J connectivity index is 1.85. The fourth-order valence-corrected chi connectivity index (χ4v) is 4.58. The lowest BCUT2D eigenvalue weighted by Crippen LogP contribution is -2.43. The highest BCUT2D eigenvalue weighted by molar-refractivity contribution is 5.69. The second-order valence-corrected chi connectivity index (χ2v) is 9.83. The standard InChI is InChI=1S/C27H52O6/c1-2-3-4-5-6-7-8-9-10-11-12-13-14-15-16-17-18-19-20-25(31)33-27-24(30)22-32-26(27)23(29)21-28/h23-24,26-30H,2-22H2,1H3/t23-,24-,26-,27-/m1/s1. The van der Waals surface area contributed by atoms with Gasteiger partial charge in [0.25, 0.3) is 0 Å². The van der Waals surface area contributed by atoms with E-state index in [1.807, 2.05) is 0 Å². The molecular formula is C27H52O6. The van der Waals surface area contributed by atoms with E-state index in [9.17, 15) is 15.0 Å². The zero-order chi connectivity index (χ0) is 24.2. The Kier molecular flexibility index (Phi) is 19.0. The summed E-state index contributed by atoms with van der Waals surface area (Å²) in [5.74, 6) is -0.379. The number of hydrogen-bond acceptors (Lipinski definition) is 6. The molecule has 0 aromatic carbocycles. The molecule has 0 spiro atoms. The smallest absolute Gasteiger partial charge is 0.306 e. The molecule has 1 aliphatic rings. The summed E-state index contributed by atoms with van der Waals surface area (Å²) >= 11 is 0. The van der Waals surface area contributed by atoms with E-state index in [2.05, 4.69) is 6.92 Å². The third-order valence-electron chi connectivity index (χ3n) is 6.73. The number of hydrogen-bond donors (Lipinski definition) is 3. The number of carbonyl (C=O) groups excluding carboxylic acids is 1. The fourth-order valence-electron chi connectivity index (χ4n) is 4.58. The number of esters is 1. The minimum Gasteiger partial charge on any atom is -0.457 e. The molecule has 1 rings (SSSR count). The van der Waals surface area contributed by atoms with Crippen molar-refractivity contribution in [3.63, 3.8) is 0 Å². The van der Waals surface area contributed by atoms with Gasteiger partial charge in [-0.3, -0.25) is 4.79 Å². The van der Waals surface area contributed by atoms with Gasteiger partial charge in [0, 0.05) is 6.42 Å². The van der Waals surface area contributed by atoms with Crippen LogP contribution in [0.15, 0.2) is 0 Å². The summed E-state index contributed by atoms with van der Waals surface area (Å²) in [5.41, 5.74) is 0. The Morgan fingerprint density at radius 1 is 0.818 bits per heavy atom. The Labute approximate surface area is 202 Å². The van der Waals surface area contributed by atoms with Crippen molar-refractivity contribution in [2.45, 2.75) is 153 Å². The van der Waals surface area contributed by atoms with Crippen LogP contribution in [0, 0.1) is 0 Å². The number of aliphatic hydroxyl groups excluding tert-OH is 3. The predicted octanol–water partition coefficient (Wildman–Crippen LogP) is 5.44. The molecule has 4 atom stereocenters. The monoisotopic (exact) mass is 472 g/mol. The van der Waals surface area contributed by atoms with Crippen molar-refractivity contribution in [2.75, 3.05) is 13.2 Å². The molecular weight excluding hydrogens is 420 g/mol. The van der Waals surface area contributed by atoms with E-state index in [4.69, 9.17) is 14.6 Å². The van der Waals surface area contributed by atoms with Gasteiger partial charge < -0.3 is 24.8 Å². The molecule has 3 N–H and O–H groups in total. The Bertz CT molecular complexity index is 458. The molecule has 33 heavy (non-hydrogen) atoms. The van der Waals surface area contributed by atoms with E-state index in [0.717, 1.165) is 19.3 Å². The lowest BCUT2D eigenvalue weighted by atomic mass is 10.0. The van der Waals surface area contributed by atoms with Crippen LogP contribution in [0.4, 0.5) is 0 Å². The maximum absolute atomic E-state index is 12.0. The van der Waals surface area contributed by atoms with Crippen molar-refractivity contribution < 1.29 is 29.6 Å². The van der Waals surface area contributed by atoms with Gasteiger partial charge in [0.1, 0.15) is 18.3 Å². The van der Waals surface area contributed by atoms with Crippen molar-refractivity contribution in [1.29, 1.82) is 0 Å². The van der Waals surface area contributed by atoms with Crippen LogP contribution in [0.25, 0.3) is 0 Å². The second kappa shape index (κ2) is 20.7. The first-order valence-corrected chi connectivity index (χ1v) is 13.9. The van der Waals surface area contributed by atoms with E-state index in [-0.39, 0.29) is 12.6 Å². The van der Waals surface area contributed by atoms with Gasteiger partial charge in [0.15, 0.2) is 6.10 Å². The van der Waals surface area contributed by atoms with Gasteiger partial charge in [0.2, 0.25) is 0 Å². The van der Waals surface area contributed by atoms with Crippen LogP contribution in [-0.4, -0.2) is 58.9 Å². The SMILES string of the molecule is CCCCCCCCCCCCCCCCCCCCC(=O)O[C@H]1[C@@H]([C@H](O)CO)OC[C@H]1O. The number of rotatable bonds is 22. The topological polar surface area (TPSA) is 96.2 Å². The van der Waals surface area contributed by atoms with E-state index in [0.29, 0.717) is 6.42 Å². The molecule has 0 radical (unpaired) electrons. The van der Waals surface area contributed by atoms with E-state index in [1.54, 1.807) is 0 Å². The summed E-state index contributed by atoms with van der Waals surface area (Å²) < 4.78 is 10.5. The quantitative estimate of drug-likeness (QED) is 0.143. The van der Waals surface area contributed by atoms with Crippen molar-refractivity contribution >= 4 is 5.97 Å². The van der Waals surface area contributed by atoms with Crippen LogP contribution in [0.5, 0.6) is 0 Å². The zero-order valence-corrected chi connectivity index (χ0v) is 21.2. The minimum absolute atomic E-state index is 0.00112. The summed E-state index contributed by atoms with van der Waals surface area (Å²) in [6, 6.07) is 0. The van der Waals surface area contributed by atoms with Gasteiger partial charge in [-0.15, -0.1) is 0 Å². The van der Waals surface area contributed by atoms with Gasteiger partial charge in [-0.1, -0.05) is 116 Å². The van der Waals surface area contributed by atoms with Crippen molar-refractivity contribution in [3.05, 3.63) is 0 Å². The Morgan fingerprint density at radius 2 is 1.24 bits per heavy atom. The third kappa shape index (κ3) is 15.0. The summed E-state index contributed by atoms with van der Waals surface area (Å²) in [6.45, 7) is 1.77. The average Bonchev–Trinajstić information content (AvgIpc) is 3.17. The largest absolute Gasteiger partial charge is 0.457 e. The Morgan fingerprint density at radius 3 is 1.67 bits per heavy atom. The number of aliphatic hydroxyl groups is 3. The van der Waals surface area contributed by atoms with E-state index in [1.165, 1.54) is 96.3 Å². The number of carbonyl (C=O) groups is 1. The fraction of sp³-hybridized carbons (Fsp3) is 0.963. The highest BCUT2D eigenvalue weighted by Crippen LogP contribution is 2.22. The molecule has 0 aliphatic carbocycles. The van der Waals surface area contributed by atoms with Gasteiger partial charge in [0.05, 0.1) is 13.2 Å². The van der Waals surface area contributed by atoms with Crippen LogP contribution in [-0.2, 0) is 14.3 Å². The molecule has 6 nitrogen and oxygen atoms in total. The summed E-state index contributed by atoms with van der Waals surface area (Å²) in [4.78, 5) is 12.0. The summed E-state index contributed by atoms with van der Waals surface area (Å²) in [6.07, 6.45) is 19.9. The first-order chi connectivity index (χ1) is 16.1. The maximum atomic E-state index is 12.0. The van der Waals surface area contributed by atoms with Gasteiger partial charge >= 0.3 is 5.97 Å². The molecule has 0 saturated carbocycles. The second-order valence-electron chi connectivity index (χ2n) is 9.83. The molecule has 1 fully saturated rings. The van der Waals surface area contributed by atoms with Crippen molar-refractivity contribution in [3.8, 4) is 0 Å². The lowest BCUT2D eigenvalue weighted by Gasteiger charge is -2.23. The Hall–Kier alpha value is -0.690. The average molecular weight is 473 g/mol. The van der Waals surface area contributed by atoms with Crippen LogP contribution < -0.4 is 0 Å². The highest BCUT2D eigenvalue weighted by Gasteiger charge is 2.42. The molecule has 1 heterocycles. The van der Waals surface area contributed by atoms with Crippen LogP contribution in [0.1, 0.15) is 129 Å². The number of unbranched alkanes of at least 4 members (excludes halogenated alkanes) is 17. The first-order valence-electron chi connectivity index (χ1n) is 13.9. The molecule has 1 saturated heterocycles. The molecule has 0 aromatic rings. The van der Waals surface area contributed by atoms with Crippen molar-refractivity contribution in [1.82, 2.24) is 0 Å². The van der Waals surface area contributed by atoms with Gasteiger partial charge in [-0.2, -0.15) is 0 Å². The third-order valence-corrected chi connectivity index (χ3v) is 6.73. The molecule has 0 bridgehead atoms. The molecule has 6 heteroatoms. The molecule has 1 aliphatic heterocycles. The molecule has 0 aromatic heterocycles. The summed E-state index contributed by atoms with van der Waals surface area (Å²) in [7, 11) is 0. The van der Waals surface area contributed by atoms with Crippen LogP contribution in [0.3, 0.4) is 0 Å². The maximum Gasteiger partial charge on any atom is 0.306 e. The van der Waals surface area contributed by atoms with Crippen molar-refractivity contribution in [2.24, 2.45) is 0 Å². The lowest BCUT2D eigenvalue weighted by molar-refractivity contribution is -0.160. The molecule has 0 unspecified atom stereocenters. The van der Waals surface area contributed by atoms with Gasteiger partial charge in [-0.05, 0) is 6.42 Å². The predicted molar refractivity (Wildman–Crippen MR) is 132 cm³/mol. The van der Waals surface area contributed by atoms with Crippen LogP contribution >= 0.6 is 0 Å². The van der Waals surface area contributed by atoms with E-state index < -0.39 is 31.0 Å². The highest BCUT2D eigenvalue weighted by atomic mass is 16.6. The summed E-state index contributed by atoms with van der Waals surface area (Å²) in [5, 5.41) is 28.7. The van der Waals surface area contributed by atoms with Crippen LogP contribution in [0.2, 0.25) is 0 Å². The first kappa shape index (κ1) is 30.3. The molecule has 196 valence electrons. The molecule has 0 amide bonds. The van der Waals surface area contributed by atoms with E-state index >= 15 is 0 Å². The normalized spacial score (nSPS) is 21.4. The minimum atomic E-state index is -1.16.